The van der Waals surface area contributed by atoms with Gasteiger partial charge in [0, 0.05) is 29.9 Å². The van der Waals surface area contributed by atoms with Crippen LogP contribution in [0.4, 0.5) is 5.69 Å². The van der Waals surface area contributed by atoms with Crippen molar-refractivity contribution in [1.82, 2.24) is 5.32 Å². The molecule has 0 radical (unpaired) electrons. The predicted molar refractivity (Wildman–Crippen MR) is 85.7 cm³/mol. The molecule has 0 aliphatic heterocycles. The summed E-state index contributed by atoms with van der Waals surface area (Å²) in [5.74, 6) is 0.998. The van der Waals surface area contributed by atoms with E-state index in [9.17, 15) is 0 Å². The summed E-state index contributed by atoms with van der Waals surface area (Å²) in [6.07, 6.45) is 3.83. The van der Waals surface area contributed by atoms with Crippen LogP contribution in [0.2, 0.25) is 0 Å². The second kappa shape index (κ2) is 6.98. The van der Waals surface area contributed by atoms with E-state index in [1.54, 1.807) is 7.11 Å². The first-order valence-corrected chi connectivity index (χ1v) is 7.89. The van der Waals surface area contributed by atoms with Crippen LogP contribution < -0.4 is 15.0 Å². The molecule has 1 saturated carbocycles. The number of hydrogen-bond acceptors (Lipinski definition) is 3. The number of anilines is 1. The molecule has 1 unspecified atom stereocenters. The van der Waals surface area contributed by atoms with Crippen LogP contribution in [0.25, 0.3) is 0 Å². The molecule has 2 rings (SSSR count). The molecule has 1 N–H and O–H groups in total. The van der Waals surface area contributed by atoms with Gasteiger partial charge in [0.25, 0.3) is 0 Å². The maximum absolute atomic E-state index is 5.62. The van der Waals surface area contributed by atoms with Crippen LogP contribution in [-0.2, 0) is 0 Å². The van der Waals surface area contributed by atoms with Crippen molar-refractivity contribution in [3.05, 3.63) is 23.8 Å². The van der Waals surface area contributed by atoms with Crippen molar-refractivity contribution in [2.24, 2.45) is 0 Å². The lowest BCUT2D eigenvalue weighted by atomic mass is 10.0. The van der Waals surface area contributed by atoms with E-state index in [0.29, 0.717) is 6.04 Å². The first-order valence-electron chi connectivity index (χ1n) is 7.89. The Hall–Kier alpha value is -1.22. The second-order valence-corrected chi connectivity index (χ2v) is 5.60. The van der Waals surface area contributed by atoms with Crippen molar-refractivity contribution in [2.75, 3.05) is 25.1 Å². The largest absolute Gasteiger partial charge is 0.496 e. The molecule has 0 heterocycles. The Labute approximate surface area is 123 Å². The molecule has 1 aliphatic carbocycles. The molecule has 1 fully saturated rings. The summed E-state index contributed by atoms with van der Waals surface area (Å²) >= 11 is 0. The van der Waals surface area contributed by atoms with Crippen LogP contribution >= 0.6 is 0 Å². The fourth-order valence-corrected chi connectivity index (χ4v) is 2.93. The molecule has 1 atom stereocenters. The van der Waals surface area contributed by atoms with E-state index < -0.39 is 0 Å². The first-order chi connectivity index (χ1) is 9.72. The fraction of sp³-hybridized carbons (Fsp3) is 0.647. The third kappa shape index (κ3) is 3.26. The number of rotatable bonds is 8. The smallest absolute Gasteiger partial charge is 0.125 e. The first kappa shape index (κ1) is 15.2. The average molecular weight is 276 g/mol. The van der Waals surface area contributed by atoms with Crippen LogP contribution in [0.3, 0.4) is 0 Å². The van der Waals surface area contributed by atoms with E-state index in [1.807, 2.05) is 0 Å². The van der Waals surface area contributed by atoms with Crippen LogP contribution in [0.5, 0.6) is 5.75 Å². The van der Waals surface area contributed by atoms with Gasteiger partial charge in [-0.1, -0.05) is 19.9 Å². The highest BCUT2D eigenvalue weighted by atomic mass is 16.5. The lowest BCUT2D eigenvalue weighted by Gasteiger charge is -2.30. The Bertz CT molecular complexity index is 429. The molecular formula is C17H28N2O. The Balaban J connectivity index is 2.39. The Morgan fingerprint density at radius 2 is 2.10 bits per heavy atom. The Morgan fingerprint density at radius 1 is 1.35 bits per heavy atom. The highest BCUT2D eigenvalue weighted by Crippen LogP contribution is 2.39. The van der Waals surface area contributed by atoms with Crippen molar-refractivity contribution in [3.8, 4) is 5.75 Å². The SMILES string of the molecule is CCCN(c1cccc(OC)c1C(C)NCC)C1CC1. The molecule has 0 spiro atoms. The number of ether oxygens (including phenoxy) is 1. The predicted octanol–water partition coefficient (Wildman–Crippen LogP) is 3.74. The van der Waals surface area contributed by atoms with Crippen LogP contribution in [-0.4, -0.2) is 26.2 Å². The van der Waals surface area contributed by atoms with Gasteiger partial charge in [-0.05, 0) is 44.9 Å². The normalized spacial score (nSPS) is 16.0. The molecule has 0 bridgehead atoms. The number of benzene rings is 1. The molecule has 3 heteroatoms. The van der Waals surface area contributed by atoms with E-state index in [-0.39, 0.29) is 0 Å². The lowest BCUT2D eigenvalue weighted by Crippen LogP contribution is -2.29. The lowest BCUT2D eigenvalue weighted by molar-refractivity contribution is 0.402. The summed E-state index contributed by atoms with van der Waals surface area (Å²) in [6.45, 7) is 8.72. The van der Waals surface area contributed by atoms with E-state index in [4.69, 9.17) is 4.74 Å². The van der Waals surface area contributed by atoms with Gasteiger partial charge in [-0.25, -0.2) is 0 Å². The second-order valence-electron chi connectivity index (χ2n) is 5.60. The topological polar surface area (TPSA) is 24.5 Å². The minimum absolute atomic E-state index is 0.309. The summed E-state index contributed by atoms with van der Waals surface area (Å²) < 4.78 is 5.62. The van der Waals surface area contributed by atoms with Gasteiger partial charge in [0.2, 0.25) is 0 Å². The standard InChI is InChI=1S/C17H28N2O/c1-5-12-19(14-10-11-14)15-8-7-9-16(20-4)17(15)13(3)18-6-2/h7-9,13-14,18H,5-6,10-12H2,1-4H3. The van der Waals surface area contributed by atoms with E-state index >= 15 is 0 Å². The van der Waals surface area contributed by atoms with Crippen molar-refractivity contribution < 1.29 is 4.74 Å². The molecule has 3 nitrogen and oxygen atoms in total. The van der Waals surface area contributed by atoms with Crippen LogP contribution in [0, 0.1) is 0 Å². The Morgan fingerprint density at radius 3 is 2.65 bits per heavy atom. The number of nitrogens with one attached hydrogen (secondary N) is 1. The van der Waals surface area contributed by atoms with Gasteiger partial charge in [-0.15, -0.1) is 0 Å². The van der Waals surface area contributed by atoms with Crippen molar-refractivity contribution in [1.29, 1.82) is 0 Å². The maximum atomic E-state index is 5.62. The van der Waals surface area contributed by atoms with Crippen molar-refractivity contribution in [3.63, 3.8) is 0 Å². The number of methoxy groups -OCH3 is 1. The summed E-state index contributed by atoms with van der Waals surface area (Å²) in [4.78, 5) is 2.58. The minimum atomic E-state index is 0.309. The molecule has 0 aromatic heterocycles. The third-order valence-electron chi connectivity index (χ3n) is 3.97. The van der Waals surface area contributed by atoms with E-state index in [0.717, 1.165) is 24.9 Å². The van der Waals surface area contributed by atoms with Crippen molar-refractivity contribution >= 4 is 5.69 Å². The van der Waals surface area contributed by atoms with Gasteiger partial charge in [-0.3, -0.25) is 0 Å². The summed E-state index contributed by atoms with van der Waals surface area (Å²) in [7, 11) is 1.77. The molecule has 1 aromatic rings. The van der Waals surface area contributed by atoms with Crippen molar-refractivity contribution in [2.45, 2.75) is 52.1 Å². The van der Waals surface area contributed by atoms with Crippen LogP contribution in [0.15, 0.2) is 18.2 Å². The molecule has 1 aliphatic rings. The van der Waals surface area contributed by atoms with E-state index in [1.165, 1.54) is 30.5 Å². The molecule has 0 saturated heterocycles. The zero-order valence-electron chi connectivity index (χ0n) is 13.3. The van der Waals surface area contributed by atoms with Gasteiger partial charge >= 0.3 is 0 Å². The summed E-state index contributed by atoms with van der Waals surface area (Å²) in [6, 6.07) is 7.48. The summed E-state index contributed by atoms with van der Waals surface area (Å²) in [5.41, 5.74) is 2.65. The zero-order chi connectivity index (χ0) is 14.5. The molecule has 112 valence electrons. The molecule has 1 aromatic carbocycles. The number of hydrogen-bond donors (Lipinski definition) is 1. The monoisotopic (exact) mass is 276 g/mol. The van der Waals surface area contributed by atoms with Gasteiger partial charge in [0.1, 0.15) is 5.75 Å². The highest BCUT2D eigenvalue weighted by Gasteiger charge is 2.31. The third-order valence-corrected chi connectivity index (χ3v) is 3.97. The van der Waals surface area contributed by atoms with Crippen LogP contribution in [0.1, 0.15) is 51.6 Å². The molecular weight excluding hydrogens is 248 g/mol. The Kier molecular flexibility index (Phi) is 5.30. The van der Waals surface area contributed by atoms with Gasteiger partial charge < -0.3 is 15.0 Å². The zero-order valence-corrected chi connectivity index (χ0v) is 13.3. The highest BCUT2D eigenvalue weighted by molar-refractivity contribution is 5.62. The van der Waals surface area contributed by atoms with E-state index in [2.05, 4.69) is 49.2 Å². The van der Waals surface area contributed by atoms with Gasteiger partial charge in [-0.2, -0.15) is 0 Å². The van der Waals surface area contributed by atoms with Gasteiger partial charge in [0.15, 0.2) is 0 Å². The summed E-state index contributed by atoms with van der Waals surface area (Å²) in [5, 5.41) is 3.53. The molecule has 20 heavy (non-hydrogen) atoms. The number of nitrogens with zero attached hydrogens (tertiary/aromatic N) is 1. The quantitative estimate of drug-likeness (QED) is 0.782. The maximum Gasteiger partial charge on any atom is 0.125 e. The minimum Gasteiger partial charge on any atom is -0.496 e. The average Bonchev–Trinajstić information content (AvgIpc) is 3.28. The van der Waals surface area contributed by atoms with Gasteiger partial charge in [0.05, 0.1) is 7.11 Å². The fourth-order valence-electron chi connectivity index (χ4n) is 2.93. The molecule has 0 amide bonds.